The maximum absolute atomic E-state index is 13.1. The zero-order chi connectivity index (χ0) is 16.2. The summed E-state index contributed by atoms with van der Waals surface area (Å²) in [6.07, 6.45) is 7.40. The van der Waals surface area contributed by atoms with E-state index in [-0.39, 0.29) is 10.8 Å². The van der Waals surface area contributed by atoms with Crippen molar-refractivity contribution in [2.45, 2.75) is 50.9 Å². The summed E-state index contributed by atoms with van der Waals surface area (Å²) in [5.41, 5.74) is 3.08. The van der Waals surface area contributed by atoms with Gasteiger partial charge >= 0.3 is 0 Å². The van der Waals surface area contributed by atoms with Gasteiger partial charge in [0.1, 0.15) is 0 Å². The number of carbonyl (C=O) groups is 1. The molecule has 23 heavy (non-hydrogen) atoms. The molecule has 0 heterocycles. The minimum absolute atomic E-state index is 0.0285. The maximum atomic E-state index is 13.1. The second-order valence-electron chi connectivity index (χ2n) is 9.05. The Balaban J connectivity index is 1.70. The normalized spacial score (nSPS) is 38.3. The first-order valence-corrected chi connectivity index (χ1v) is 9.16. The van der Waals surface area contributed by atoms with Crippen LogP contribution >= 0.6 is 0 Å². The Morgan fingerprint density at radius 2 is 1.70 bits per heavy atom. The summed E-state index contributed by atoms with van der Waals surface area (Å²) in [6, 6.07) is 9.18. The summed E-state index contributed by atoms with van der Waals surface area (Å²) in [6.45, 7) is 2.77. The van der Waals surface area contributed by atoms with Crippen LogP contribution < -0.4 is 0 Å². The molecule has 2 atom stereocenters. The molecular weight excluding hydrogens is 282 g/mol. The lowest BCUT2D eigenvalue weighted by Crippen LogP contribution is -2.57. The standard InChI is InChI=1S/C21H29NO/c1-15-4-6-18(7-5-15)20-9-16-8-17(10-20)12-21(11-16,14-20)19(23)13-22(2)3/h4-7,16-17H,8-14H2,1-3H3. The van der Waals surface area contributed by atoms with Crippen LogP contribution in [0.15, 0.2) is 24.3 Å². The third kappa shape index (κ3) is 2.46. The minimum Gasteiger partial charge on any atom is -0.302 e. The Labute approximate surface area is 140 Å². The van der Waals surface area contributed by atoms with Crippen LogP contribution in [0.4, 0.5) is 0 Å². The van der Waals surface area contributed by atoms with Gasteiger partial charge in [0.15, 0.2) is 5.78 Å². The molecule has 0 amide bonds. The van der Waals surface area contributed by atoms with Crippen LogP contribution in [0.3, 0.4) is 0 Å². The van der Waals surface area contributed by atoms with Crippen LogP contribution in [0.1, 0.15) is 49.7 Å². The fourth-order valence-electron chi connectivity index (χ4n) is 6.29. The van der Waals surface area contributed by atoms with Crippen LogP contribution in [-0.2, 0) is 10.2 Å². The highest BCUT2D eigenvalue weighted by Crippen LogP contribution is 2.66. The van der Waals surface area contributed by atoms with Crippen molar-refractivity contribution in [3.63, 3.8) is 0 Å². The molecule has 0 aromatic heterocycles. The van der Waals surface area contributed by atoms with E-state index in [9.17, 15) is 4.79 Å². The number of Topliss-reactive ketones (excluding diaryl/α,β-unsaturated/α-hetero) is 1. The van der Waals surface area contributed by atoms with E-state index in [4.69, 9.17) is 0 Å². The number of aryl methyl sites for hydroxylation is 1. The third-order valence-electron chi connectivity index (χ3n) is 6.78. The Kier molecular flexibility index (Phi) is 3.46. The predicted octanol–water partition coefficient (Wildman–Crippen LogP) is 3.96. The smallest absolute Gasteiger partial charge is 0.152 e. The highest BCUT2D eigenvalue weighted by Gasteiger charge is 2.60. The van der Waals surface area contributed by atoms with Crippen LogP contribution in [-0.4, -0.2) is 31.3 Å². The molecule has 0 N–H and O–H groups in total. The van der Waals surface area contributed by atoms with E-state index < -0.39 is 0 Å². The lowest BCUT2D eigenvalue weighted by atomic mass is 9.42. The highest BCUT2D eigenvalue weighted by atomic mass is 16.1. The molecular formula is C21H29NO. The highest BCUT2D eigenvalue weighted by molar-refractivity contribution is 5.87. The molecule has 1 aromatic carbocycles. The van der Waals surface area contributed by atoms with E-state index in [1.807, 2.05) is 14.1 Å². The number of ketones is 1. The summed E-state index contributed by atoms with van der Waals surface area (Å²) in [7, 11) is 4.04. The van der Waals surface area contributed by atoms with Crippen LogP contribution in [0.2, 0.25) is 0 Å². The number of hydrogen-bond donors (Lipinski definition) is 0. The van der Waals surface area contributed by atoms with Gasteiger partial charge in [-0.2, -0.15) is 0 Å². The molecule has 2 unspecified atom stereocenters. The van der Waals surface area contributed by atoms with Gasteiger partial charge in [-0.05, 0) is 82.4 Å². The van der Waals surface area contributed by atoms with Crippen LogP contribution in [0.5, 0.6) is 0 Å². The molecule has 4 aliphatic rings. The Bertz CT molecular complexity index is 601. The molecule has 0 radical (unpaired) electrons. The topological polar surface area (TPSA) is 20.3 Å². The number of nitrogens with zero attached hydrogens (tertiary/aromatic N) is 1. The molecule has 1 aromatic rings. The molecule has 0 saturated heterocycles. The van der Waals surface area contributed by atoms with Crippen molar-refractivity contribution in [3.05, 3.63) is 35.4 Å². The molecule has 4 bridgehead atoms. The lowest BCUT2D eigenvalue weighted by molar-refractivity contribution is -0.147. The summed E-state index contributed by atoms with van der Waals surface area (Å²) >= 11 is 0. The van der Waals surface area contributed by atoms with Gasteiger partial charge in [-0.1, -0.05) is 29.8 Å². The van der Waals surface area contributed by atoms with Crippen LogP contribution in [0.25, 0.3) is 0 Å². The second kappa shape index (κ2) is 5.17. The monoisotopic (exact) mass is 311 g/mol. The maximum Gasteiger partial charge on any atom is 0.152 e. The van der Waals surface area contributed by atoms with Crippen molar-refractivity contribution in [2.24, 2.45) is 17.3 Å². The zero-order valence-corrected chi connectivity index (χ0v) is 14.8. The van der Waals surface area contributed by atoms with Crippen molar-refractivity contribution in [3.8, 4) is 0 Å². The molecule has 2 nitrogen and oxygen atoms in total. The quantitative estimate of drug-likeness (QED) is 0.839. The van der Waals surface area contributed by atoms with Gasteiger partial charge in [0.2, 0.25) is 0 Å². The first-order chi connectivity index (χ1) is 10.9. The van der Waals surface area contributed by atoms with Gasteiger partial charge in [-0.25, -0.2) is 0 Å². The number of likely N-dealkylation sites (N-methyl/N-ethyl adjacent to an activating group) is 1. The summed E-state index contributed by atoms with van der Waals surface area (Å²) in [5.74, 6) is 2.04. The van der Waals surface area contributed by atoms with Crippen molar-refractivity contribution in [1.82, 2.24) is 4.90 Å². The first-order valence-electron chi connectivity index (χ1n) is 9.16. The fourth-order valence-corrected chi connectivity index (χ4v) is 6.29. The molecule has 4 saturated carbocycles. The van der Waals surface area contributed by atoms with E-state index in [1.165, 1.54) is 30.4 Å². The van der Waals surface area contributed by atoms with E-state index in [0.29, 0.717) is 12.3 Å². The van der Waals surface area contributed by atoms with Gasteiger partial charge in [0.05, 0.1) is 6.54 Å². The molecule has 0 aliphatic heterocycles. The van der Waals surface area contributed by atoms with E-state index >= 15 is 0 Å². The Hall–Kier alpha value is -1.15. The Morgan fingerprint density at radius 1 is 1.09 bits per heavy atom. The predicted molar refractivity (Wildman–Crippen MR) is 93.5 cm³/mol. The van der Waals surface area contributed by atoms with Gasteiger partial charge in [0, 0.05) is 5.41 Å². The second-order valence-corrected chi connectivity index (χ2v) is 9.05. The van der Waals surface area contributed by atoms with Crippen molar-refractivity contribution >= 4 is 5.78 Å². The van der Waals surface area contributed by atoms with Crippen LogP contribution in [0, 0.1) is 24.2 Å². The number of hydrogen-bond acceptors (Lipinski definition) is 2. The third-order valence-corrected chi connectivity index (χ3v) is 6.78. The number of carbonyl (C=O) groups excluding carboxylic acids is 1. The largest absolute Gasteiger partial charge is 0.302 e. The average Bonchev–Trinajstić information content (AvgIpc) is 2.45. The molecule has 4 aliphatic carbocycles. The summed E-state index contributed by atoms with van der Waals surface area (Å²) < 4.78 is 0. The van der Waals surface area contributed by atoms with Gasteiger partial charge in [0.25, 0.3) is 0 Å². The van der Waals surface area contributed by atoms with Crippen molar-refractivity contribution in [2.75, 3.05) is 20.6 Å². The van der Waals surface area contributed by atoms with Gasteiger partial charge in [-0.3, -0.25) is 4.79 Å². The first kappa shape index (κ1) is 15.4. The SMILES string of the molecule is Cc1ccc(C23CC4CC(CC(C(=O)CN(C)C)(C4)C2)C3)cc1. The fraction of sp³-hybridized carbons (Fsp3) is 0.667. The number of rotatable bonds is 4. The summed E-state index contributed by atoms with van der Waals surface area (Å²) in [5, 5.41) is 0. The van der Waals surface area contributed by atoms with Gasteiger partial charge < -0.3 is 4.90 Å². The average molecular weight is 311 g/mol. The number of benzene rings is 1. The summed E-state index contributed by atoms with van der Waals surface area (Å²) in [4.78, 5) is 15.1. The van der Waals surface area contributed by atoms with Crippen molar-refractivity contribution < 1.29 is 4.79 Å². The Morgan fingerprint density at radius 3 is 2.26 bits per heavy atom. The van der Waals surface area contributed by atoms with E-state index in [0.717, 1.165) is 31.1 Å². The zero-order valence-electron chi connectivity index (χ0n) is 14.8. The molecule has 124 valence electrons. The minimum atomic E-state index is -0.0285. The molecule has 5 rings (SSSR count). The van der Waals surface area contributed by atoms with E-state index in [1.54, 1.807) is 0 Å². The lowest BCUT2D eigenvalue weighted by Gasteiger charge is -2.62. The molecule has 4 fully saturated rings. The van der Waals surface area contributed by atoms with E-state index in [2.05, 4.69) is 36.1 Å². The van der Waals surface area contributed by atoms with Crippen molar-refractivity contribution in [1.29, 1.82) is 0 Å². The molecule has 2 heteroatoms. The molecule has 0 spiro atoms. The van der Waals surface area contributed by atoms with Gasteiger partial charge in [-0.15, -0.1) is 0 Å².